The number of allylic oxidation sites excluding steroid dienone is 5. The van der Waals surface area contributed by atoms with Gasteiger partial charge in [-0.2, -0.15) is 4.98 Å². The fourth-order valence-corrected chi connectivity index (χ4v) is 1.13. The molecule has 1 heterocycles. The summed E-state index contributed by atoms with van der Waals surface area (Å²) in [6.07, 6.45) is 7.39. The molecule has 0 amide bonds. The van der Waals surface area contributed by atoms with Crippen LogP contribution in [0, 0.1) is 6.92 Å². The van der Waals surface area contributed by atoms with Gasteiger partial charge in [-0.05, 0) is 26.8 Å². The molecule has 0 atom stereocenters. The molecule has 0 spiro atoms. The quantitative estimate of drug-likeness (QED) is 0.817. The zero-order chi connectivity index (χ0) is 13.3. The minimum absolute atomic E-state index is 0.446. The Balaban J connectivity index is 0.00000121. The van der Waals surface area contributed by atoms with Crippen LogP contribution in [0.5, 0.6) is 0 Å². The van der Waals surface area contributed by atoms with Gasteiger partial charge in [0.25, 0.3) is 5.89 Å². The van der Waals surface area contributed by atoms with Gasteiger partial charge in [0.1, 0.15) is 0 Å². The van der Waals surface area contributed by atoms with E-state index in [1.54, 1.807) is 13.0 Å². The predicted octanol–water partition coefficient (Wildman–Crippen LogP) is 3.23. The standard InChI is InChI=1S/C11H15N3O.C2H6/c1-4-6-9(10(12)7-5-2)11-13-8(3)14-15-11;1-2/h4-7H,12H2,1-3H3;1-2H3/b6-4-,7-5-,10-9-;. The predicted molar refractivity (Wildman–Crippen MR) is 71.1 cm³/mol. The molecule has 0 saturated heterocycles. The average Bonchev–Trinajstić information content (AvgIpc) is 2.75. The lowest BCUT2D eigenvalue weighted by Gasteiger charge is -1.98. The molecule has 1 rings (SSSR count). The molecule has 94 valence electrons. The molecule has 0 fully saturated rings. The van der Waals surface area contributed by atoms with Gasteiger partial charge in [-0.15, -0.1) is 0 Å². The van der Waals surface area contributed by atoms with Crippen LogP contribution in [0.3, 0.4) is 0 Å². The van der Waals surface area contributed by atoms with Crippen LogP contribution in [0.4, 0.5) is 0 Å². The Labute approximate surface area is 103 Å². The summed E-state index contributed by atoms with van der Waals surface area (Å²) < 4.78 is 5.06. The van der Waals surface area contributed by atoms with E-state index < -0.39 is 0 Å². The lowest BCUT2D eigenvalue weighted by atomic mass is 10.2. The van der Waals surface area contributed by atoms with Crippen molar-refractivity contribution in [3.63, 3.8) is 0 Å². The van der Waals surface area contributed by atoms with Crippen LogP contribution >= 0.6 is 0 Å². The first-order valence-electron chi connectivity index (χ1n) is 5.74. The Morgan fingerprint density at radius 3 is 2.18 bits per heavy atom. The van der Waals surface area contributed by atoms with Gasteiger partial charge in [0.05, 0.1) is 5.57 Å². The minimum Gasteiger partial charge on any atom is -0.398 e. The second kappa shape index (κ2) is 8.33. The van der Waals surface area contributed by atoms with E-state index in [0.29, 0.717) is 17.4 Å². The molecule has 1 aromatic rings. The number of hydrogen-bond donors (Lipinski definition) is 1. The van der Waals surface area contributed by atoms with Crippen molar-refractivity contribution in [3.05, 3.63) is 41.7 Å². The SMILES string of the molecule is CC.C\C=C/C(N)=C(\C=C/C)c1nc(C)no1. The van der Waals surface area contributed by atoms with Crippen LogP contribution in [0.1, 0.15) is 39.4 Å². The van der Waals surface area contributed by atoms with E-state index in [1.807, 2.05) is 45.9 Å². The largest absolute Gasteiger partial charge is 0.398 e. The van der Waals surface area contributed by atoms with Crippen molar-refractivity contribution in [3.8, 4) is 0 Å². The van der Waals surface area contributed by atoms with Gasteiger partial charge in [0.15, 0.2) is 5.82 Å². The van der Waals surface area contributed by atoms with E-state index in [0.717, 1.165) is 5.57 Å². The molecule has 0 aromatic carbocycles. The highest BCUT2D eigenvalue weighted by Gasteiger charge is 2.09. The molecule has 4 heteroatoms. The fraction of sp³-hybridized carbons (Fsp3) is 0.385. The first kappa shape index (κ1) is 15.2. The van der Waals surface area contributed by atoms with Gasteiger partial charge in [0.2, 0.25) is 0 Å². The van der Waals surface area contributed by atoms with Crippen LogP contribution in [0.25, 0.3) is 5.57 Å². The summed E-state index contributed by atoms with van der Waals surface area (Å²) in [7, 11) is 0. The van der Waals surface area contributed by atoms with E-state index >= 15 is 0 Å². The second-order valence-corrected chi connectivity index (χ2v) is 3.02. The highest BCUT2D eigenvalue weighted by atomic mass is 16.5. The molecule has 0 aliphatic heterocycles. The molecule has 0 aliphatic carbocycles. The maximum absolute atomic E-state index is 5.87. The van der Waals surface area contributed by atoms with Crippen LogP contribution in [-0.2, 0) is 0 Å². The Kier molecular flexibility index (Phi) is 7.43. The average molecular weight is 235 g/mol. The van der Waals surface area contributed by atoms with Gasteiger partial charge in [0, 0.05) is 5.70 Å². The Bertz CT molecular complexity index is 414. The fourth-order valence-electron chi connectivity index (χ4n) is 1.13. The first-order valence-corrected chi connectivity index (χ1v) is 5.74. The monoisotopic (exact) mass is 235 g/mol. The van der Waals surface area contributed by atoms with Crippen molar-refractivity contribution in [1.29, 1.82) is 0 Å². The number of nitrogens with two attached hydrogens (primary N) is 1. The van der Waals surface area contributed by atoms with Gasteiger partial charge in [-0.3, -0.25) is 0 Å². The minimum atomic E-state index is 0.446. The number of aromatic nitrogens is 2. The molecular weight excluding hydrogens is 214 g/mol. The molecule has 0 saturated carbocycles. The maximum atomic E-state index is 5.87. The summed E-state index contributed by atoms with van der Waals surface area (Å²) in [5.74, 6) is 1.04. The van der Waals surface area contributed by atoms with E-state index in [4.69, 9.17) is 10.3 Å². The van der Waals surface area contributed by atoms with E-state index in [-0.39, 0.29) is 0 Å². The van der Waals surface area contributed by atoms with Crippen LogP contribution in [0.15, 0.2) is 34.5 Å². The number of hydrogen-bond acceptors (Lipinski definition) is 4. The molecule has 1 aromatic heterocycles. The molecule has 4 nitrogen and oxygen atoms in total. The third kappa shape index (κ3) is 4.68. The number of rotatable bonds is 3. The molecule has 0 radical (unpaired) electrons. The van der Waals surface area contributed by atoms with Crippen molar-refractivity contribution >= 4 is 5.57 Å². The van der Waals surface area contributed by atoms with Crippen molar-refractivity contribution in [2.24, 2.45) is 5.73 Å². The van der Waals surface area contributed by atoms with E-state index in [9.17, 15) is 0 Å². The summed E-state index contributed by atoms with van der Waals surface area (Å²) in [5.41, 5.74) is 7.23. The smallest absolute Gasteiger partial charge is 0.259 e. The summed E-state index contributed by atoms with van der Waals surface area (Å²) in [5, 5.41) is 3.73. The third-order valence-electron chi connectivity index (χ3n) is 1.75. The van der Waals surface area contributed by atoms with Crippen LogP contribution in [0.2, 0.25) is 0 Å². The Morgan fingerprint density at radius 1 is 1.18 bits per heavy atom. The molecule has 17 heavy (non-hydrogen) atoms. The van der Waals surface area contributed by atoms with Crippen molar-refractivity contribution in [1.82, 2.24) is 10.1 Å². The van der Waals surface area contributed by atoms with Gasteiger partial charge < -0.3 is 10.3 Å². The molecule has 2 N–H and O–H groups in total. The Morgan fingerprint density at radius 2 is 1.76 bits per heavy atom. The Hall–Kier alpha value is -1.84. The zero-order valence-electron chi connectivity index (χ0n) is 11.2. The van der Waals surface area contributed by atoms with Gasteiger partial charge in [-0.1, -0.05) is 37.2 Å². The summed E-state index contributed by atoms with van der Waals surface area (Å²) >= 11 is 0. The molecule has 0 aliphatic rings. The number of aryl methyl sites for hydroxylation is 1. The van der Waals surface area contributed by atoms with Crippen molar-refractivity contribution in [2.75, 3.05) is 0 Å². The zero-order valence-corrected chi connectivity index (χ0v) is 11.2. The van der Waals surface area contributed by atoms with E-state index in [2.05, 4.69) is 10.1 Å². The first-order chi connectivity index (χ1) is 8.19. The van der Waals surface area contributed by atoms with Crippen molar-refractivity contribution < 1.29 is 4.52 Å². The highest BCUT2D eigenvalue weighted by molar-refractivity contribution is 5.72. The van der Waals surface area contributed by atoms with E-state index in [1.165, 1.54) is 0 Å². The summed E-state index contributed by atoms with van der Waals surface area (Å²) in [6.45, 7) is 9.58. The van der Waals surface area contributed by atoms with Crippen LogP contribution < -0.4 is 5.73 Å². The van der Waals surface area contributed by atoms with Gasteiger partial charge >= 0.3 is 0 Å². The second-order valence-electron chi connectivity index (χ2n) is 3.02. The number of nitrogens with zero attached hydrogens (tertiary/aromatic N) is 2. The third-order valence-corrected chi connectivity index (χ3v) is 1.75. The normalized spacial score (nSPS) is 12.5. The highest BCUT2D eigenvalue weighted by Crippen LogP contribution is 2.16. The van der Waals surface area contributed by atoms with Crippen molar-refractivity contribution in [2.45, 2.75) is 34.6 Å². The van der Waals surface area contributed by atoms with Gasteiger partial charge in [-0.25, -0.2) is 0 Å². The summed E-state index contributed by atoms with van der Waals surface area (Å²) in [4.78, 5) is 4.13. The topological polar surface area (TPSA) is 64.9 Å². The molecular formula is C13H21N3O. The summed E-state index contributed by atoms with van der Waals surface area (Å²) in [6, 6.07) is 0. The lowest BCUT2D eigenvalue weighted by molar-refractivity contribution is 0.403. The molecule has 0 bridgehead atoms. The van der Waals surface area contributed by atoms with Crippen LogP contribution in [-0.4, -0.2) is 10.1 Å². The maximum Gasteiger partial charge on any atom is 0.259 e. The lowest BCUT2D eigenvalue weighted by Crippen LogP contribution is -1.98. The molecule has 0 unspecified atom stereocenters.